The normalized spacial score (nSPS) is 10.7. The molecule has 0 radical (unpaired) electrons. The van der Waals surface area contributed by atoms with Crippen LogP contribution in [0, 0.1) is 5.92 Å². The number of hydrogen-bond donors (Lipinski definition) is 2. The molecule has 1 rings (SSSR count). The summed E-state index contributed by atoms with van der Waals surface area (Å²) in [6.45, 7) is 7.07. The Hall–Kier alpha value is -1.07. The molecule has 0 bridgehead atoms. The van der Waals surface area contributed by atoms with Crippen LogP contribution >= 0.6 is 11.3 Å². The van der Waals surface area contributed by atoms with Gasteiger partial charge in [-0.05, 0) is 30.2 Å². The van der Waals surface area contributed by atoms with E-state index in [4.69, 9.17) is 4.74 Å². The van der Waals surface area contributed by atoms with Crippen LogP contribution in [0.15, 0.2) is 17.5 Å². The highest BCUT2D eigenvalue weighted by Gasteiger charge is 2.00. The maximum Gasteiger partial charge on any atom is 0.314 e. The Balaban J connectivity index is 1.90. The average Bonchev–Trinajstić information content (AvgIpc) is 2.86. The van der Waals surface area contributed by atoms with Crippen LogP contribution in [0.25, 0.3) is 0 Å². The zero-order chi connectivity index (χ0) is 13.9. The summed E-state index contributed by atoms with van der Waals surface area (Å²) in [4.78, 5) is 12.7. The van der Waals surface area contributed by atoms with Crippen molar-refractivity contribution >= 4 is 17.4 Å². The molecule has 19 heavy (non-hydrogen) atoms. The molecule has 0 aliphatic heterocycles. The van der Waals surface area contributed by atoms with Crippen molar-refractivity contribution in [2.75, 3.05) is 26.3 Å². The first-order chi connectivity index (χ1) is 9.18. The maximum absolute atomic E-state index is 11.5. The summed E-state index contributed by atoms with van der Waals surface area (Å²) in [5, 5.41) is 7.72. The number of nitrogens with one attached hydrogen (secondary N) is 2. The largest absolute Gasteiger partial charge is 0.381 e. The van der Waals surface area contributed by atoms with E-state index in [-0.39, 0.29) is 6.03 Å². The predicted octanol–water partition coefficient (Wildman–Crippen LogP) is 2.65. The van der Waals surface area contributed by atoms with E-state index in [1.165, 1.54) is 4.88 Å². The Morgan fingerprint density at radius 2 is 2.16 bits per heavy atom. The highest BCUT2D eigenvalue weighted by atomic mass is 32.1. The van der Waals surface area contributed by atoms with Gasteiger partial charge in [0.2, 0.25) is 0 Å². The Bertz CT molecular complexity index is 339. The summed E-state index contributed by atoms with van der Waals surface area (Å²) < 4.78 is 5.44. The topological polar surface area (TPSA) is 50.4 Å². The lowest BCUT2D eigenvalue weighted by Gasteiger charge is -2.08. The van der Waals surface area contributed by atoms with E-state index in [2.05, 4.69) is 30.5 Å². The van der Waals surface area contributed by atoms with E-state index < -0.39 is 0 Å². The van der Waals surface area contributed by atoms with Crippen LogP contribution in [0.5, 0.6) is 0 Å². The first-order valence-corrected chi connectivity index (χ1v) is 7.68. The van der Waals surface area contributed by atoms with Crippen molar-refractivity contribution < 1.29 is 9.53 Å². The van der Waals surface area contributed by atoms with E-state index in [9.17, 15) is 4.79 Å². The van der Waals surface area contributed by atoms with Crippen LogP contribution < -0.4 is 10.6 Å². The number of hydrogen-bond acceptors (Lipinski definition) is 3. The van der Waals surface area contributed by atoms with Crippen molar-refractivity contribution in [3.05, 3.63) is 22.4 Å². The molecule has 0 saturated heterocycles. The maximum atomic E-state index is 11.5. The minimum Gasteiger partial charge on any atom is -0.381 e. The Labute approximate surface area is 119 Å². The standard InChI is InChI=1S/C14H24N2O2S/c1-12(2)11-18-9-4-7-15-14(17)16-8-6-13-5-3-10-19-13/h3,5,10,12H,4,6-9,11H2,1-2H3,(H2,15,16,17). The highest BCUT2D eigenvalue weighted by Crippen LogP contribution is 2.07. The molecule has 2 N–H and O–H groups in total. The second-order valence-electron chi connectivity index (χ2n) is 4.83. The lowest BCUT2D eigenvalue weighted by molar-refractivity contribution is 0.108. The first kappa shape index (κ1) is 16.0. The van der Waals surface area contributed by atoms with Crippen LogP contribution in [0.4, 0.5) is 4.79 Å². The number of carbonyl (C=O) groups excluding carboxylic acids is 1. The molecule has 1 aromatic heterocycles. The summed E-state index contributed by atoms with van der Waals surface area (Å²) in [5.74, 6) is 0.563. The van der Waals surface area contributed by atoms with Gasteiger partial charge in [-0.25, -0.2) is 4.79 Å². The molecule has 0 spiro atoms. The van der Waals surface area contributed by atoms with Gasteiger partial charge >= 0.3 is 6.03 Å². The summed E-state index contributed by atoms with van der Waals surface area (Å²) >= 11 is 1.72. The number of rotatable bonds is 9. The van der Waals surface area contributed by atoms with E-state index in [1.54, 1.807) is 11.3 Å². The number of urea groups is 1. The van der Waals surface area contributed by atoms with Crippen LogP contribution in [0.2, 0.25) is 0 Å². The molecule has 5 heteroatoms. The number of thiophene rings is 1. The lowest BCUT2D eigenvalue weighted by atomic mass is 10.2. The zero-order valence-corrected chi connectivity index (χ0v) is 12.6. The monoisotopic (exact) mass is 284 g/mol. The minimum atomic E-state index is -0.0968. The van der Waals surface area contributed by atoms with E-state index >= 15 is 0 Å². The van der Waals surface area contributed by atoms with E-state index in [1.807, 2.05) is 11.4 Å². The average molecular weight is 284 g/mol. The van der Waals surface area contributed by atoms with Crippen molar-refractivity contribution in [2.24, 2.45) is 5.92 Å². The molecule has 4 nitrogen and oxygen atoms in total. The third-order valence-corrected chi connectivity index (χ3v) is 3.38. The van der Waals surface area contributed by atoms with Crippen molar-refractivity contribution in [3.8, 4) is 0 Å². The van der Waals surface area contributed by atoms with Crippen LogP contribution in [-0.2, 0) is 11.2 Å². The second kappa shape index (κ2) is 9.81. The molecule has 0 fully saturated rings. The van der Waals surface area contributed by atoms with Crippen molar-refractivity contribution in [1.82, 2.24) is 10.6 Å². The van der Waals surface area contributed by atoms with Gasteiger partial charge in [0.15, 0.2) is 0 Å². The third-order valence-electron chi connectivity index (χ3n) is 2.44. The van der Waals surface area contributed by atoms with Gasteiger partial charge in [-0.15, -0.1) is 11.3 Å². The van der Waals surface area contributed by atoms with Gasteiger partial charge in [0.05, 0.1) is 0 Å². The molecular formula is C14H24N2O2S. The van der Waals surface area contributed by atoms with Crippen molar-refractivity contribution in [2.45, 2.75) is 26.7 Å². The third kappa shape index (κ3) is 8.61. The van der Waals surface area contributed by atoms with Crippen molar-refractivity contribution in [3.63, 3.8) is 0 Å². The molecule has 0 aliphatic carbocycles. The number of amides is 2. The van der Waals surface area contributed by atoms with Crippen LogP contribution in [-0.4, -0.2) is 32.3 Å². The fraction of sp³-hybridized carbons (Fsp3) is 0.643. The molecule has 1 aromatic rings. The first-order valence-electron chi connectivity index (χ1n) is 6.80. The highest BCUT2D eigenvalue weighted by molar-refractivity contribution is 7.09. The van der Waals surface area contributed by atoms with Gasteiger partial charge in [-0.2, -0.15) is 0 Å². The van der Waals surface area contributed by atoms with Gasteiger partial charge in [-0.1, -0.05) is 19.9 Å². The Morgan fingerprint density at radius 1 is 1.37 bits per heavy atom. The Kier molecular flexibility index (Phi) is 8.25. The fourth-order valence-corrected chi connectivity index (χ4v) is 2.22. The summed E-state index contributed by atoms with van der Waals surface area (Å²) in [7, 11) is 0. The van der Waals surface area contributed by atoms with Gasteiger partial charge in [-0.3, -0.25) is 0 Å². The molecule has 108 valence electrons. The molecule has 0 unspecified atom stereocenters. The smallest absolute Gasteiger partial charge is 0.314 e. The summed E-state index contributed by atoms with van der Waals surface area (Å²) in [6.07, 6.45) is 1.74. The quantitative estimate of drug-likeness (QED) is 0.685. The van der Waals surface area contributed by atoms with E-state index in [0.717, 1.165) is 19.4 Å². The predicted molar refractivity (Wildman–Crippen MR) is 79.7 cm³/mol. The van der Waals surface area contributed by atoms with Crippen molar-refractivity contribution in [1.29, 1.82) is 0 Å². The fourth-order valence-electron chi connectivity index (χ4n) is 1.51. The molecule has 1 heterocycles. The lowest BCUT2D eigenvalue weighted by Crippen LogP contribution is -2.37. The molecule has 2 amide bonds. The second-order valence-corrected chi connectivity index (χ2v) is 5.87. The van der Waals surface area contributed by atoms with Crippen LogP contribution in [0.1, 0.15) is 25.1 Å². The molecule has 0 aromatic carbocycles. The molecule has 0 saturated carbocycles. The van der Waals surface area contributed by atoms with Crippen LogP contribution in [0.3, 0.4) is 0 Å². The molecular weight excluding hydrogens is 260 g/mol. The van der Waals surface area contributed by atoms with Gasteiger partial charge in [0.1, 0.15) is 0 Å². The van der Waals surface area contributed by atoms with Gasteiger partial charge < -0.3 is 15.4 Å². The van der Waals surface area contributed by atoms with Gasteiger partial charge in [0.25, 0.3) is 0 Å². The van der Waals surface area contributed by atoms with E-state index in [0.29, 0.717) is 25.6 Å². The SMILES string of the molecule is CC(C)COCCCNC(=O)NCCc1cccs1. The number of carbonyl (C=O) groups is 1. The number of ether oxygens (including phenoxy) is 1. The molecule has 0 aliphatic rings. The molecule has 0 atom stereocenters. The summed E-state index contributed by atoms with van der Waals surface area (Å²) in [5.41, 5.74) is 0. The zero-order valence-electron chi connectivity index (χ0n) is 11.8. The minimum absolute atomic E-state index is 0.0968. The van der Waals surface area contributed by atoms with Gasteiger partial charge in [0, 0.05) is 31.2 Å². The Morgan fingerprint density at radius 3 is 2.84 bits per heavy atom. The summed E-state index contributed by atoms with van der Waals surface area (Å²) in [6, 6.07) is 4.01.